The van der Waals surface area contributed by atoms with Crippen LogP contribution in [0.4, 0.5) is 5.69 Å². The van der Waals surface area contributed by atoms with Crippen LogP contribution in [-0.2, 0) is 4.79 Å². The molecule has 0 saturated heterocycles. The first kappa shape index (κ1) is 15.9. The molecule has 0 aliphatic carbocycles. The standard InChI is InChI=1S/C14H21NO3S/c1-3-15(12-6-4-5-11(2)7-12)8-13(16)9-19-10-14(17)18/h4-7,13,16H,3,8-10H2,1-2H3,(H,17,18). The minimum Gasteiger partial charge on any atom is -0.481 e. The maximum atomic E-state index is 10.4. The number of rotatable bonds is 8. The molecule has 0 amide bonds. The number of benzene rings is 1. The minimum absolute atomic E-state index is 0.0353. The molecule has 1 atom stereocenters. The minimum atomic E-state index is -0.844. The van der Waals surface area contributed by atoms with E-state index in [-0.39, 0.29) is 5.75 Å². The van der Waals surface area contributed by atoms with Gasteiger partial charge in [0, 0.05) is 24.5 Å². The average molecular weight is 283 g/mol. The molecule has 0 bridgehead atoms. The number of aliphatic carboxylic acids is 1. The predicted molar refractivity (Wildman–Crippen MR) is 80.0 cm³/mol. The van der Waals surface area contributed by atoms with Crippen LogP contribution < -0.4 is 4.90 Å². The molecular formula is C14H21NO3S. The van der Waals surface area contributed by atoms with Crippen molar-refractivity contribution >= 4 is 23.4 Å². The van der Waals surface area contributed by atoms with Gasteiger partial charge in [-0.25, -0.2) is 0 Å². The van der Waals surface area contributed by atoms with E-state index in [0.29, 0.717) is 12.3 Å². The average Bonchev–Trinajstić information content (AvgIpc) is 2.35. The van der Waals surface area contributed by atoms with E-state index < -0.39 is 12.1 Å². The Morgan fingerprint density at radius 1 is 1.47 bits per heavy atom. The first-order valence-corrected chi connectivity index (χ1v) is 7.47. The molecule has 1 unspecified atom stereocenters. The lowest BCUT2D eigenvalue weighted by molar-refractivity contribution is -0.133. The third-order valence-electron chi connectivity index (χ3n) is 2.72. The smallest absolute Gasteiger partial charge is 0.313 e. The molecular weight excluding hydrogens is 262 g/mol. The van der Waals surface area contributed by atoms with Crippen LogP contribution in [0, 0.1) is 6.92 Å². The van der Waals surface area contributed by atoms with Crippen LogP contribution >= 0.6 is 11.8 Å². The van der Waals surface area contributed by atoms with E-state index in [4.69, 9.17) is 5.11 Å². The van der Waals surface area contributed by atoms with Gasteiger partial charge in [0.25, 0.3) is 0 Å². The van der Waals surface area contributed by atoms with Crippen molar-refractivity contribution in [2.75, 3.05) is 29.5 Å². The van der Waals surface area contributed by atoms with Crippen LogP contribution in [0.25, 0.3) is 0 Å². The zero-order valence-electron chi connectivity index (χ0n) is 11.4. The number of nitrogens with zero attached hydrogens (tertiary/aromatic N) is 1. The van der Waals surface area contributed by atoms with Crippen molar-refractivity contribution in [2.24, 2.45) is 0 Å². The molecule has 19 heavy (non-hydrogen) atoms. The topological polar surface area (TPSA) is 60.8 Å². The quantitative estimate of drug-likeness (QED) is 0.764. The van der Waals surface area contributed by atoms with E-state index in [2.05, 4.69) is 11.0 Å². The lowest BCUT2D eigenvalue weighted by atomic mass is 10.2. The van der Waals surface area contributed by atoms with Crippen LogP contribution in [-0.4, -0.2) is 46.9 Å². The van der Waals surface area contributed by atoms with Crippen molar-refractivity contribution in [1.29, 1.82) is 0 Å². The van der Waals surface area contributed by atoms with Crippen LogP contribution in [0.15, 0.2) is 24.3 Å². The van der Waals surface area contributed by atoms with Gasteiger partial charge in [-0.1, -0.05) is 12.1 Å². The van der Waals surface area contributed by atoms with Crippen molar-refractivity contribution < 1.29 is 15.0 Å². The van der Waals surface area contributed by atoms with Gasteiger partial charge in [-0.2, -0.15) is 0 Å². The number of thioether (sulfide) groups is 1. The summed E-state index contributed by atoms with van der Waals surface area (Å²) in [6.45, 7) is 5.41. The molecule has 0 aliphatic rings. The normalized spacial score (nSPS) is 12.2. The molecule has 0 radical (unpaired) electrons. The van der Waals surface area contributed by atoms with E-state index in [0.717, 1.165) is 12.2 Å². The Morgan fingerprint density at radius 2 is 2.21 bits per heavy atom. The third-order valence-corrected chi connectivity index (χ3v) is 3.79. The number of carboxylic acid groups (broad SMARTS) is 1. The second-order valence-electron chi connectivity index (χ2n) is 4.44. The van der Waals surface area contributed by atoms with Gasteiger partial charge in [-0.05, 0) is 31.5 Å². The third kappa shape index (κ3) is 5.98. The number of carbonyl (C=O) groups is 1. The van der Waals surface area contributed by atoms with E-state index in [1.165, 1.54) is 17.3 Å². The number of hydrogen-bond acceptors (Lipinski definition) is 4. The molecule has 1 rings (SSSR count). The van der Waals surface area contributed by atoms with Crippen molar-refractivity contribution in [1.82, 2.24) is 0 Å². The number of anilines is 1. The fourth-order valence-electron chi connectivity index (χ4n) is 1.83. The van der Waals surface area contributed by atoms with Crippen LogP contribution in [0.3, 0.4) is 0 Å². The van der Waals surface area contributed by atoms with Crippen LogP contribution in [0.2, 0.25) is 0 Å². The highest BCUT2D eigenvalue weighted by Crippen LogP contribution is 2.16. The van der Waals surface area contributed by atoms with Gasteiger partial charge in [-0.15, -0.1) is 11.8 Å². The Morgan fingerprint density at radius 3 is 2.79 bits per heavy atom. The molecule has 1 aromatic rings. The predicted octanol–water partition coefficient (Wildman–Crippen LogP) is 2.00. The number of aliphatic hydroxyl groups excluding tert-OH is 1. The number of hydrogen-bond donors (Lipinski definition) is 2. The van der Waals surface area contributed by atoms with Gasteiger partial charge in [-0.3, -0.25) is 4.79 Å². The highest BCUT2D eigenvalue weighted by molar-refractivity contribution is 7.99. The molecule has 106 valence electrons. The second-order valence-corrected chi connectivity index (χ2v) is 5.47. The Kier molecular flexibility index (Phi) is 6.73. The molecule has 0 aromatic heterocycles. The van der Waals surface area contributed by atoms with Gasteiger partial charge < -0.3 is 15.1 Å². The monoisotopic (exact) mass is 283 g/mol. The van der Waals surface area contributed by atoms with E-state index in [9.17, 15) is 9.90 Å². The van der Waals surface area contributed by atoms with Crippen molar-refractivity contribution in [2.45, 2.75) is 20.0 Å². The lowest BCUT2D eigenvalue weighted by Crippen LogP contribution is -2.33. The summed E-state index contributed by atoms with van der Waals surface area (Å²) in [5.41, 5.74) is 2.27. The van der Waals surface area contributed by atoms with E-state index in [1.54, 1.807) is 0 Å². The van der Waals surface area contributed by atoms with Gasteiger partial charge in [0.15, 0.2) is 0 Å². The molecule has 2 N–H and O–H groups in total. The summed E-state index contributed by atoms with van der Waals surface area (Å²) in [6, 6.07) is 8.14. The van der Waals surface area contributed by atoms with Crippen molar-refractivity contribution in [3.8, 4) is 0 Å². The summed E-state index contributed by atoms with van der Waals surface area (Å²) in [6.07, 6.45) is -0.523. The maximum absolute atomic E-state index is 10.4. The number of carboxylic acids is 1. The summed E-state index contributed by atoms with van der Waals surface area (Å²) in [5.74, 6) is -0.370. The molecule has 0 saturated carbocycles. The Balaban J connectivity index is 2.50. The lowest BCUT2D eigenvalue weighted by Gasteiger charge is -2.26. The Labute approximate surface area is 118 Å². The molecule has 4 nitrogen and oxygen atoms in total. The highest BCUT2D eigenvalue weighted by Gasteiger charge is 2.12. The Bertz CT molecular complexity index is 411. The number of aliphatic hydroxyl groups is 1. The maximum Gasteiger partial charge on any atom is 0.313 e. The molecule has 0 aliphatic heterocycles. The van der Waals surface area contributed by atoms with E-state index >= 15 is 0 Å². The summed E-state index contributed by atoms with van der Waals surface area (Å²) in [5, 5.41) is 18.5. The molecule has 5 heteroatoms. The molecule has 1 aromatic carbocycles. The summed E-state index contributed by atoms with van der Waals surface area (Å²) in [7, 11) is 0. The van der Waals surface area contributed by atoms with Crippen LogP contribution in [0.5, 0.6) is 0 Å². The SMILES string of the molecule is CCN(CC(O)CSCC(=O)O)c1cccc(C)c1. The second kappa shape index (κ2) is 8.07. The number of likely N-dealkylation sites (N-methyl/N-ethyl adjacent to an activating group) is 1. The van der Waals surface area contributed by atoms with Crippen molar-refractivity contribution in [3.05, 3.63) is 29.8 Å². The van der Waals surface area contributed by atoms with Gasteiger partial charge in [0.1, 0.15) is 0 Å². The van der Waals surface area contributed by atoms with Crippen LogP contribution in [0.1, 0.15) is 12.5 Å². The van der Waals surface area contributed by atoms with Crippen molar-refractivity contribution in [3.63, 3.8) is 0 Å². The molecule has 0 fully saturated rings. The largest absolute Gasteiger partial charge is 0.481 e. The summed E-state index contributed by atoms with van der Waals surface area (Å²) >= 11 is 1.24. The first-order chi connectivity index (χ1) is 9.02. The molecule has 0 heterocycles. The zero-order valence-corrected chi connectivity index (χ0v) is 12.2. The Hall–Kier alpha value is -1.20. The van der Waals surface area contributed by atoms with Gasteiger partial charge >= 0.3 is 5.97 Å². The van der Waals surface area contributed by atoms with Gasteiger partial charge in [0.05, 0.1) is 11.9 Å². The first-order valence-electron chi connectivity index (χ1n) is 6.32. The summed E-state index contributed by atoms with van der Waals surface area (Å²) < 4.78 is 0. The van der Waals surface area contributed by atoms with E-state index in [1.807, 2.05) is 32.0 Å². The fourth-order valence-corrected chi connectivity index (χ4v) is 2.50. The fraction of sp³-hybridized carbons (Fsp3) is 0.500. The highest BCUT2D eigenvalue weighted by atomic mass is 32.2. The number of aryl methyl sites for hydroxylation is 1. The zero-order chi connectivity index (χ0) is 14.3. The van der Waals surface area contributed by atoms with Gasteiger partial charge in [0.2, 0.25) is 0 Å². The molecule has 0 spiro atoms. The summed E-state index contributed by atoms with van der Waals surface area (Å²) in [4.78, 5) is 12.5.